The zero-order valence-electron chi connectivity index (χ0n) is 14.7. The van der Waals surface area contributed by atoms with Gasteiger partial charge in [0.15, 0.2) is 0 Å². The number of pyridine rings is 1. The largest absolute Gasteiger partial charge is 0.306 e. The zero-order chi connectivity index (χ0) is 19.9. The van der Waals surface area contributed by atoms with Crippen molar-refractivity contribution in [3.05, 3.63) is 84.2 Å². The molecule has 0 radical (unpaired) electrons. The molecule has 0 bridgehead atoms. The van der Waals surface area contributed by atoms with E-state index in [1.165, 1.54) is 0 Å². The minimum absolute atomic E-state index is 0.257. The second-order valence-electron chi connectivity index (χ2n) is 6.31. The first-order valence-electron chi connectivity index (χ1n) is 8.36. The van der Waals surface area contributed by atoms with Crippen molar-refractivity contribution in [2.45, 2.75) is 11.8 Å². The Morgan fingerprint density at radius 1 is 1.04 bits per heavy atom. The van der Waals surface area contributed by atoms with Gasteiger partial charge in [-0.05, 0) is 42.8 Å². The summed E-state index contributed by atoms with van der Waals surface area (Å²) in [6.07, 6.45) is 3.79. The van der Waals surface area contributed by atoms with Crippen LogP contribution in [0.5, 0.6) is 0 Å². The highest BCUT2D eigenvalue weighted by atomic mass is 32.2. The Bertz CT molecular complexity index is 1280. The minimum atomic E-state index is -4.18. The van der Waals surface area contributed by atoms with Gasteiger partial charge in [-0.15, -0.1) is 0 Å². The molecule has 0 saturated carbocycles. The van der Waals surface area contributed by atoms with Crippen LogP contribution < -0.4 is 4.72 Å². The van der Waals surface area contributed by atoms with E-state index in [0.717, 1.165) is 34.6 Å². The first-order chi connectivity index (χ1) is 13.3. The first-order valence-corrected chi connectivity index (χ1v) is 9.84. The highest BCUT2D eigenvalue weighted by Gasteiger charge is 2.19. The van der Waals surface area contributed by atoms with Gasteiger partial charge in [0.1, 0.15) is 22.2 Å². The number of hydrogen-bond acceptors (Lipinski definition) is 3. The molecule has 4 rings (SSSR count). The molecule has 0 unspecified atom stereocenters. The van der Waals surface area contributed by atoms with Crippen LogP contribution in [0.15, 0.2) is 71.9 Å². The molecule has 0 spiro atoms. The van der Waals surface area contributed by atoms with E-state index in [2.05, 4.69) is 9.71 Å². The molecular formula is C20H15F2N3O2S. The van der Waals surface area contributed by atoms with Gasteiger partial charge in [0.25, 0.3) is 10.0 Å². The lowest BCUT2D eigenvalue weighted by atomic mass is 10.1. The number of sulfonamides is 1. The molecule has 0 amide bonds. The predicted octanol–water partition coefficient (Wildman–Crippen LogP) is 4.39. The summed E-state index contributed by atoms with van der Waals surface area (Å²) in [5, 5.41) is 0. The number of halogens is 2. The molecule has 2 aromatic heterocycles. The van der Waals surface area contributed by atoms with Crippen LogP contribution in [-0.4, -0.2) is 17.8 Å². The van der Waals surface area contributed by atoms with Crippen LogP contribution in [-0.2, 0) is 10.0 Å². The van der Waals surface area contributed by atoms with Crippen LogP contribution in [0.4, 0.5) is 14.5 Å². The third kappa shape index (κ3) is 3.34. The van der Waals surface area contributed by atoms with E-state index in [1.807, 2.05) is 35.9 Å². The highest BCUT2D eigenvalue weighted by molar-refractivity contribution is 7.92. The summed E-state index contributed by atoms with van der Waals surface area (Å²) in [6, 6.07) is 12.8. The van der Waals surface area contributed by atoms with Crippen molar-refractivity contribution in [1.29, 1.82) is 0 Å². The topological polar surface area (TPSA) is 63.5 Å². The van der Waals surface area contributed by atoms with E-state index < -0.39 is 26.6 Å². The second-order valence-corrected chi connectivity index (χ2v) is 7.96. The summed E-state index contributed by atoms with van der Waals surface area (Å²) in [7, 11) is -4.18. The normalized spacial score (nSPS) is 11.7. The van der Waals surface area contributed by atoms with E-state index in [-0.39, 0.29) is 5.69 Å². The number of hydrogen-bond donors (Lipinski definition) is 1. The number of nitrogens with zero attached hydrogens (tertiary/aromatic N) is 2. The Hall–Kier alpha value is -3.26. The number of rotatable bonds is 4. The molecule has 4 aromatic rings. The van der Waals surface area contributed by atoms with Gasteiger partial charge in [0.2, 0.25) is 0 Å². The molecule has 0 aliphatic carbocycles. The van der Waals surface area contributed by atoms with Crippen molar-refractivity contribution in [1.82, 2.24) is 9.38 Å². The molecule has 142 valence electrons. The maximum Gasteiger partial charge on any atom is 0.264 e. The third-order valence-corrected chi connectivity index (χ3v) is 5.71. The molecule has 0 aliphatic rings. The number of imidazole rings is 1. The van der Waals surface area contributed by atoms with Crippen LogP contribution in [0.2, 0.25) is 0 Å². The molecule has 0 fully saturated rings. The van der Waals surface area contributed by atoms with E-state index in [0.29, 0.717) is 6.07 Å². The average molecular weight is 399 g/mol. The van der Waals surface area contributed by atoms with Crippen molar-refractivity contribution >= 4 is 21.4 Å². The van der Waals surface area contributed by atoms with Crippen molar-refractivity contribution in [3.8, 4) is 11.3 Å². The maximum absolute atomic E-state index is 13.8. The number of aryl methyl sites for hydroxylation is 1. The maximum atomic E-state index is 13.8. The van der Waals surface area contributed by atoms with Crippen LogP contribution in [0, 0.1) is 18.6 Å². The predicted molar refractivity (Wildman–Crippen MR) is 103 cm³/mol. The standard InChI is InChI=1S/C20H15F2N3O2S/c1-13-3-2-10-25-12-18(23-20(13)25)14-4-7-16(8-5-14)24-28(26,27)19-9-6-15(21)11-17(19)22/h2-12,24H,1H3. The summed E-state index contributed by atoms with van der Waals surface area (Å²) in [6.45, 7) is 1.97. The van der Waals surface area contributed by atoms with Crippen molar-refractivity contribution in [3.63, 3.8) is 0 Å². The molecule has 0 saturated heterocycles. The van der Waals surface area contributed by atoms with Gasteiger partial charge in [-0.1, -0.05) is 18.2 Å². The zero-order valence-corrected chi connectivity index (χ0v) is 15.5. The Morgan fingerprint density at radius 3 is 2.46 bits per heavy atom. The summed E-state index contributed by atoms with van der Waals surface area (Å²) >= 11 is 0. The lowest BCUT2D eigenvalue weighted by molar-refractivity contribution is 0.551. The van der Waals surface area contributed by atoms with E-state index in [4.69, 9.17) is 0 Å². The number of anilines is 1. The van der Waals surface area contributed by atoms with Crippen LogP contribution in [0.1, 0.15) is 5.56 Å². The average Bonchev–Trinajstić information content (AvgIpc) is 3.07. The molecule has 5 nitrogen and oxygen atoms in total. The molecule has 2 aromatic carbocycles. The van der Waals surface area contributed by atoms with E-state index in [9.17, 15) is 17.2 Å². The van der Waals surface area contributed by atoms with E-state index in [1.54, 1.807) is 24.3 Å². The quantitative estimate of drug-likeness (QED) is 0.554. The Balaban J connectivity index is 1.61. The molecule has 8 heteroatoms. The lowest BCUT2D eigenvalue weighted by Gasteiger charge is -2.09. The SMILES string of the molecule is Cc1cccn2cc(-c3ccc(NS(=O)(=O)c4ccc(F)cc4F)cc3)nc12. The van der Waals surface area contributed by atoms with Gasteiger partial charge in [-0.2, -0.15) is 0 Å². The smallest absolute Gasteiger partial charge is 0.264 e. The molecule has 28 heavy (non-hydrogen) atoms. The van der Waals surface area contributed by atoms with Crippen LogP contribution in [0.3, 0.4) is 0 Å². The number of fused-ring (bicyclic) bond motifs is 1. The van der Waals surface area contributed by atoms with Crippen molar-refractivity contribution in [2.75, 3.05) is 4.72 Å². The van der Waals surface area contributed by atoms with Gasteiger partial charge in [0.05, 0.1) is 5.69 Å². The molecule has 2 heterocycles. The van der Waals surface area contributed by atoms with E-state index >= 15 is 0 Å². The Morgan fingerprint density at radius 2 is 1.79 bits per heavy atom. The molecule has 0 aliphatic heterocycles. The van der Waals surface area contributed by atoms with Crippen LogP contribution in [0.25, 0.3) is 16.9 Å². The minimum Gasteiger partial charge on any atom is -0.306 e. The molecule has 1 N–H and O–H groups in total. The molecular weight excluding hydrogens is 384 g/mol. The van der Waals surface area contributed by atoms with Gasteiger partial charge < -0.3 is 4.40 Å². The number of aromatic nitrogens is 2. The summed E-state index contributed by atoms with van der Waals surface area (Å²) in [4.78, 5) is 3.98. The van der Waals surface area contributed by atoms with Gasteiger partial charge in [-0.3, -0.25) is 4.72 Å². The fourth-order valence-corrected chi connectivity index (χ4v) is 4.02. The monoisotopic (exact) mass is 399 g/mol. The first kappa shape index (κ1) is 18.1. The number of nitrogens with one attached hydrogen (secondary N) is 1. The van der Waals surface area contributed by atoms with Gasteiger partial charge >= 0.3 is 0 Å². The summed E-state index contributed by atoms with van der Waals surface area (Å²) < 4.78 is 55.7. The Labute approximate surface area is 160 Å². The summed E-state index contributed by atoms with van der Waals surface area (Å²) in [5.41, 5.74) is 3.69. The molecule has 0 atom stereocenters. The van der Waals surface area contributed by atoms with Gasteiger partial charge in [0, 0.05) is 29.7 Å². The van der Waals surface area contributed by atoms with Gasteiger partial charge in [-0.25, -0.2) is 22.2 Å². The van der Waals surface area contributed by atoms with Crippen molar-refractivity contribution in [2.24, 2.45) is 0 Å². The summed E-state index contributed by atoms with van der Waals surface area (Å²) in [5.74, 6) is -1.99. The highest BCUT2D eigenvalue weighted by Crippen LogP contribution is 2.24. The van der Waals surface area contributed by atoms with Crippen LogP contribution >= 0.6 is 0 Å². The fourth-order valence-electron chi connectivity index (χ4n) is 2.91. The lowest BCUT2D eigenvalue weighted by Crippen LogP contribution is -2.14. The number of benzene rings is 2. The fraction of sp³-hybridized carbons (Fsp3) is 0.0500. The van der Waals surface area contributed by atoms with Crippen molar-refractivity contribution < 1.29 is 17.2 Å². The third-order valence-electron chi connectivity index (χ3n) is 4.29. The Kier molecular flexibility index (Phi) is 4.35. The second kappa shape index (κ2) is 6.72.